The van der Waals surface area contributed by atoms with E-state index in [1.807, 2.05) is 0 Å². The van der Waals surface area contributed by atoms with Gasteiger partial charge in [-0.1, -0.05) is 6.92 Å². The minimum absolute atomic E-state index is 0.0570. The van der Waals surface area contributed by atoms with Gasteiger partial charge in [0, 0.05) is 5.69 Å². The van der Waals surface area contributed by atoms with E-state index < -0.39 is 10.0 Å². The van der Waals surface area contributed by atoms with E-state index in [4.69, 9.17) is 4.74 Å². The van der Waals surface area contributed by atoms with Gasteiger partial charge in [0.15, 0.2) is 0 Å². The minimum atomic E-state index is -3.35. The highest BCUT2D eigenvalue weighted by Crippen LogP contribution is 2.18. The van der Waals surface area contributed by atoms with Crippen LogP contribution in [0.25, 0.3) is 0 Å². The Morgan fingerprint density at radius 2 is 1.76 bits per heavy atom. The molecule has 8 heteroatoms. The van der Waals surface area contributed by atoms with Crippen molar-refractivity contribution in [2.75, 3.05) is 22.4 Å². The highest BCUT2D eigenvalue weighted by atomic mass is 32.2. The fourth-order valence-corrected chi connectivity index (χ4v) is 3.16. The summed E-state index contributed by atoms with van der Waals surface area (Å²) in [5, 5.41) is 3.13. The van der Waals surface area contributed by atoms with Gasteiger partial charge in [-0.05, 0) is 49.7 Å². The lowest BCUT2D eigenvalue weighted by atomic mass is 10.2. The summed E-state index contributed by atoms with van der Waals surface area (Å²) >= 11 is 0. The van der Waals surface area contributed by atoms with Gasteiger partial charge in [0.2, 0.25) is 10.0 Å². The van der Waals surface area contributed by atoms with Crippen molar-refractivity contribution >= 4 is 33.2 Å². The molecule has 0 saturated heterocycles. The smallest absolute Gasteiger partial charge is 0.338 e. The molecule has 25 heavy (non-hydrogen) atoms. The molecule has 2 N–H and O–H groups in total. The number of rotatable bonds is 8. The largest absolute Gasteiger partial charge is 0.462 e. The van der Waals surface area contributed by atoms with E-state index in [9.17, 15) is 13.2 Å². The maximum absolute atomic E-state index is 11.7. The van der Waals surface area contributed by atoms with Crippen LogP contribution < -0.4 is 10.0 Å². The average Bonchev–Trinajstić information content (AvgIpc) is 2.57. The Labute approximate surface area is 147 Å². The van der Waals surface area contributed by atoms with Crippen LogP contribution in [0.15, 0.2) is 42.6 Å². The Hall–Kier alpha value is -2.61. The summed E-state index contributed by atoms with van der Waals surface area (Å²) < 4.78 is 30.8. The summed E-state index contributed by atoms with van der Waals surface area (Å²) in [5.41, 5.74) is 1.95. The van der Waals surface area contributed by atoms with Crippen molar-refractivity contribution in [2.24, 2.45) is 0 Å². The third kappa shape index (κ3) is 5.75. The zero-order valence-corrected chi connectivity index (χ0v) is 15.0. The maximum Gasteiger partial charge on any atom is 0.338 e. The van der Waals surface area contributed by atoms with Gasteiger partial charge in [-0.3, -0.25) is 4.72 Å². The van der Waals surface area contributed by atoms with Crippen molar-refractivity contribution in [2.45, 2.75) is 20.3 Å². The number of esters is 1. The lowest BCUT2D eigenvalue weighted by Crippen LogP contribution is -2.16. The number of hydrogen-bond acceptors (Lipinski definition) is 6. The molecule has 0 saturated carbocycles. The highest BCUT2D eigenvalue weighted by Gasteiger charge is 2.09. The number of nitrogens with zero attached hydrogens (tertiary/aromatic N) is 1. The second-order valence-corrected chi connectivity index (χ2v) is 7.12. The number of nitrogens with one attached hydrogen (secondary N) is 2. The molecule has 1 heterocycles. The number of hydrogen-bond donors (Lipinski definition) is 2. The summed E-state index contributed by atoms with van der Waals surface area (Å²) in [6, 6.07) is 10.1. The first kappa shape index (κ1) is 18.7. The molecule has 7 nitrogen and oxygen atoms in total. The third-order valence-electron chi connectivity index (χ3n) is 3.18. The van der Waals surface area contributed by atoms with E-state index in [2.05, 4.69) is 15.0 Å². The highest BCUT2D eigenvalue weighted by molar-refractivity contribution is 7.92. The van der Waals surface area contributed by atoms with Crippen molar-refractivity contribution in [3.8, 4) is 0 Å². The molecule has 1 aromatic heterocycles. The Bertz CT molecular complexity index is 803. The predicted molar refractivity (Wildman–Crippen MR) is 97.6 cm³/mol. The van der Waals surface area contributed by atoms with Crippen LogP contribution in [0.3, 0.4) is 0 Å². The maximum atomic E-state index is 11.7. The van der Waals surface area contributed by atoms with E-state index in [0.29, 0.717) is 24.3 Å². The Kier molecular flexibility index (Phi) is 6.35. The number of carbonyl (C=O) groups excluding carboxylic acids is 1. The number of benzene rings is 1. The van der Waals surface area contributed by atoms with Crippen molar-refractivity contribution < 1.29 is 17.9 Å². The SMILES string of the molecule is CCCS(=O)(=O)Nc1ccc(Nc2ccc(C(=O)OCC)cc2)cn1. The van der Waals surface area contributed by atoms with Crippen LogP contribution in [0.4, 0.5) is 17.2 Å². The van der Waals surface area contributed by atoms with Crippen LogP contribution >= 0.6 is 0 Å². The molecular weight excluding hydrogens is 342 g/mol. The summed E-state index contributed by atoms with van der Waals surface area (Å²) in [6.45, 7) is 3.89. The van der Waals surface area contributed by atoms with E-state index >= 15 is 0 Å². The molecular formula is C17H21N3O4S. The van der Waals surface area contributed by atoms with Gasteiger partial charge < -0.3 is 10.1 Å². The van der Waals surface area contributed by atoms with E-state index in [1.54, 1.807) is 50.2 Å². The Morgan fingerprint density at radius 3 is 2.32 bits per heavy atom. The van der Waals surface area contributed by atoms with Crippen molar-refractivity contribution in [3.05, 3.63) is 48.2 Å². The van der Waals surface area contributed by atoms with Crippen molar-refractivity contribution in [3.63, 3.8) is 0 Å². The van der Waals surface area contributed by atoms with Gasteiger partial charge in [0.05, 0.1) is 29.8 Å². The predicted octanol–water partition coefficient (Wildman–Crippen LogP) is 3.15. The molecule has 134 valence electrons. The summed E-state index contributed by atoms with van der Waals surface area (Å²) in [7, 11) is -3.35. The number of carbonyl (C=O) groups is 1. The third-order valence-corrected chi connectivity index (χ3v) is 4.65. The second kappa shape index (κ2) is 8.48. The lowest BCUT2D eigenvalue weighted by Gasteiger charge is -2.09. The van der Waals surface area contributed by atoms with Crippen LogP contribution in [-0.4, -0.2) is 31.7 Å². The molecule has 0 amide bonds. The van der Waals surface area contributed by atoms with Crippen LogP contribution in [-0.2, 0) is 14.8 Å². The molecule has 0 fully saturated rings. The molecule has 2 aromatic rings. The summed E-state index contributed by atoms with van der Waals surface area (Å²) in [6.07, 6.45) is 2.07. The fourth-order valence-electron chi connectivity index (χ4n) is 2.08. The molecule has 0 spiro atoms. The first-order chi connectivity index (χ1) is 11.9. The number of sulfonamides is 1. The first-order valence-corrected chi connectivity index (χ1v) is 9.59. The number of anilines is 3. The Balaban J connectivity index is 2.00. The number of ether oxygens (including phenoxy) is 1. The molecule has 0 radical (unpaired) electrons. The van der Waals surface area contributed by atoms with Crippen LogP contribution in [0.1, 0.15) is 30.6 Å². The van der Waals surface area contributed by atoms with Gasteiger partial charge >= 0.3 is 5.97 Å². The van der Waals surface area contributed by atoms with Crippen LogP contribution in [0.2, 0.25) is 0 Å². The molecule has 1 aromatic carbocycles. The van der Waals surface area contributed by atoms with Crippen LogP contribution in [0, 0.1) is 0 Å². The molecule has 0 aliphatic rings. The molecule has 0 atom stereocenters. The molecule has 2 rings (SSSR count). The minimum Gasteiger partial charge on any atom is -0.462 e. The van der Waals surface area contributed by atoms with Gasteiger partial charge in [-0.2, -0.15) is 0 Å². The van der Waals surface area contributed by atoms with Gasteiger partial charge in [-0.25, -0.2) is 18.2 Å². The average molecular weight is 363 g/mol. The molecule has 0 aliphatic carbocycles. The Morgan fingerprint density at radius 1 is 1.08 bits per heavy atom. The van der Waals surface area contributed by atoms with Gasteiger partial charge in [-0.15, -0.1) is 0 Å². The summed E-state index contributed by atoms with van der Waals surface area (Å²) in [5.74, 6) is -0.0299. The summed E-state index contributed by atoms with van der Waals surface area (Å²) in [4.78, 5) is 15.7. The topological polar surface area (TPSA) is 97.4 Å². The van der Waals surface area contributed by atoms with Gasteiger partial charge in [0.1, 0.15) is 5.82 Å². The van der Waals surface area contributed by atoms with Crippen molar-refractivity contribution in [1.29, 1.82) is 0 Å². The first-order valence-electron chi connectivity index (χ1n) is 7.94. The molecule has 0 bridgehead atoms. The lowest BCUT2D eigenvalue weighted by molar-refractivity contribution is 0.0526. The van der Waals surface area contributed by atoms with E-state index in [1.165, 1.54) is 6.20 Å². The second-order valence-electron chi connectivity index (χ2n) is 5.28. The zero-order valence-electron chi connectivity index (χ0n) is 14.2. The quantitative estimate of drug-likeness (QED) is 0.699. The number of pyridine rings is 1. The molecule has 0 unspecified atom stereocenters. The molecule has 0 aliphatic heterocycles. The normalized spacial score (nSPS) is 11.0. The number of aromatic nitrogens is 1. The van der Waals surface area contributed by atoms with E-state index in [0.717, 1.165) is 5.69 Å². The van der Waals surface area contributed by atoms with Gasteiger partial charge in [0.25, 0.3) is 0 Å². The monoisotopic (exact) mass is 363 g/mol. The zero-order chi connectivity index (χ0) is 18.3. The van der Waals surface area contributed by atoms with Crippen LogP contribution in [0.5, 0.6) is 0 Å². The van der Waals surface area contributed by atoms with Crippen molar-refractivity contribution in [1.82, 2.24) is 4.98 Å². The fraction of sp³-hybridized carbons (Fsp3) is 0.294. The standard InChI is InChI=1S/C17H21N3O4S/c1-3-11-25(22,23)20-16-10-9-15(12-18-16)19-14-7-5-13(6-8-14)17(21)24-4-2/h5-10,12,19H,3-4,11H2,1-2H3,(H,18,20). The van der Waals surface area contributed by atoms with E-state index in [-0.39, 0.29) is 17.5 Å².